The van der Waals surface area contributed by atoms with Crippen LogP contribution >= 0.6 is 0 Å². The maximum Gasteiger partial charge on any atom is 0.113 e. The van der Waals surface area contributed by atoms with Crippen LogP contribution in [0.25, 0.3) is 0 Å². The molecule has 84 valence electrons. The van der Waals surface area contributed by atoms with Crippen LogP contribution in [0, 0.1) is 0 Å². The van der Waals surface area contributed by atoms with Crippen LogP contribution in [0.5, 0.6) is 0 Å². The lowest BCUT2D eigenvalue weighted by Crippen LogP contribution is -2.33. The Kier molecular flexibility index (Phi) is 1.88. The molecule has 2 bridgehead atoms. The molecule has 3 rings (SSSR count). The van der Waals surface area contributed by atoms with Crippen LogP contribution in [0.3, 0.4) is 0 Å². The van der Waals surface area contributed by atoms with Crippen molar-refractivity contribution in [2.45, 2.75) is 44.3 Å². The topological polar surface area (TPSA) is 9.23 Å². The summed E-state index contributed by atoms with van der Waals surface area (Å²) in [5.74, 6) is 0.568. The van der Waals surface area contributed by atoms with Crippen molar-refractivity contribution >= 4 is 0 Å². The molecular formula is C15H18O. The van der Waals surface area contributed by atoms with Gasteiger partial charge in [0.15, 0.2) is 0 Å². The van der Waals surface area contributed by atoms with Gasteiger partial charge in [-0.25, -0.2) is 0 Å². The summed E-state index contributed by atoms with van der Waals surface area (Å²) >= 11 is 0. The van der Waals surface area contributed by atoms with Crippen LogP contribution in [-0.2, 0) is 10.3 Å². The standard InChI is InChI=1S/C15H18O/c1-14(2,3)16-15-9-8-11(10-15)12-6-4-5-7-13(12)15/h4-9,11H,10H2,1-3H3. The van der Waals surface area contributed by atoms with Crippen molar-refractivity contribution in [2.75, 3.05) is 0 Å². The van der Waals surface area contributed by atoms with Gasteiger partial charge >= 0.3 is 0 Å². The average Bonchev–Trinajstić information content (AvgIpc) is 2.72. The number of rotatable bonds is 1. The van der Waals surface area contributed by atoms with Gasteiger partial charge in [0.1, 0.15) is 5.60 Å². The van der Waals surface area contributed by atoms with Gasteiger partial charge in [0.25, 0.3) is 0 Å². The zero-order valence-electron chi connectivity index (χ0n) is 10.2. The Bertz CT molecular complexity index is 453. The third-order valence-corrected chi connectivity index (χ3v) is 3.43. The highest BCUT2D eigenvalue weighted by atomic mass is 16.5. The molecule has 0 saturated carbocycles. The first-order valence-corrected chi connectivity index (χ1v) is 5.99. The fourth-order valence-corrected chi connectivity index (χ4v) is 3.03. The maximum absolute atomic E-state index is 6.32. The molecule has 0 aromatic heterocycles. The molecular weight excluding hydrogens is 196 g/mol. The Labute approximate surface area is 97.1 Å². The lowest BCUT2D eigenvalue weighted by molar-refractivity contribution is -0.106. The molecule has 0 spiro atoms. The fourth-order valence-electron chi connectivity index (χ4n) is 3.03. The molecule has 0 aliphatic heterocycles. The third-order valence-electron chi connectivity index (χ3n) is 3.43. The van der Waals surface area contributed by atoms with E-state index in [4.69, 9.17) is 4.74 Å². The predicted octanol–water partition coefficient (Wildman–Crippen LogP) is 3.75. The van der Waals surface area contributed by atoms with Crippen LogP contribution in [0.1, 0.15) is 44.2 Å². The minimum Gasteiger partial charge on any atom is -0.361 e. The Morgan fingerprint density at radius 3 is 2.75 bits per heavy atom. The summed E-state index contributed by atoms with van der Waals surface area (Å²) in [6.07, 6.45) is 5.64. The summed E-state index contributed by atoms with van der Waals surface area (Å²) in [7, 11) is 0. The molecule has 0 radical (unpaired) electrons. The second-order valence-electron chi connectivity index (χ2n) is 5.86. The first-order chi connectivity index (χ1) is 7.50. The van der Waals surface area contributed by atoms with E-state index in [1.54, 1.807) is 0 Å². The molecule has 1 aromatic rings. The van der Waals surface area contributed by atoms with Crippen molar-refractivity contribution in [3.8, 4) is 0 Å². The Morgan fingerprint density at radius 2 is 2.00 bits per heavy atom. The third kappa shape index (κ3) is 1.35. The molecule has 2 aliphatic rings. The molecule has 1 heteroatoms. The van der Waals surface area contributed by atoms with Crippen molar-refractivity contribution in [2.24, 2.45) is 0 Å². The van der Waals surface area contributed by atoms with Crippen molar-refractivity contribution in [3.05, 3.63) is 47.5 Å². The molecule has 2 aliphatic carbocycles. The minimum absolute atomic E-state index is 0.101. The van der Waals surface area contributed by atoms with Crippen molar-refractivity contribution < 1.29 is 4.74 Å². The van der Waals surface area contributed by atoms with Crippen LogP contribution in [0.15, 0.2) is 36.4 Å². The van der Waals surface area contributed by atoms with E-state index in [1.807, 2.05) is 0 Å². The van der Waals surface area contributed by atoms with Gasteiger partial charge in [0.05, 0.1) is 5.60 Å². The van der Waals surface area contributed by atoms with Gasteiger partial charge in [0, 0.05) is 5.92 Å². The summed E-state index contributed by atoms with van der Waals surface area (Å²) in [5.41, 5.74) is 2.57. The smallest absolute Gasteiger partial charge is 0.113 e. The fraction of sp³-hybridized carbons (Fsp3) is 0.467. The van der Waals surface area contributed by atoms with Gasteiger partial charge in [-0.1, -0.05) is 36.4 Å². The second kappa shape index (κ2) is 2.98. The average molecular weight is 214 g/mol. The SMILES string of the molecule is CC(C)(C)OC12C=CC(C1)c1ccccc12. The molecule has 1 nitrogen and oxygen atoms in total. The Balaban J connectivity index is 2.07. The molecule has 0 heterocycles. The van der Waals surface area contributed by atoms with Crippen LogP contribution in [-0.4, -0.2) is 5.60 Å². The summed E-state index contributed by atoms with van der Waals surface area (Å²) in [6.45, 7) is 6.39. The summed E-state index contributed by atoms with van der Waals surface area (Å²) in [5, 5.41) is 0. The van der Waals surface area contributed by atoms with Gasteiger partial charge in [-0.15, -0.1) is 0 Å². The van der Waals surface area contributed by atoms with Crippen molar-refractivity contribution in [3.63, 3.8) is 0 Å². The number of fused-ring (bicyclic) bond motifs is 5. The Hall–Kier alpha value is -1.08. The zero-order valence-corrected chi connectivity index (χ0v) is 10.2. The van der Waals surface area contributed by atoms with E-state index < -0.39 is 0 Å². The number of hydrogen-bond acceptors (Lipinski definition) is 1. The molecule has 2 atom stereocenters. The van der Waals surface area contributed by atoms with Crippen molar-refractivity contribution in [1.29, 1.82) is 0 Å². The summed E-state index contributed by atoms with van der Waals surface area (Å²) < 4.78 is 6.32. The van der Waals surface area contributed by atoms with Gasteiger partial charge < -0.3 is 4.74 Å². The number of hydrogen-bond donors (Lipinski definition) is 0. The number of ether oxygens (including phenoxy) is 1. The van der Waals surface area contributed by atoms with E-state index in [0.29, 0.717) is 5.92 Å². The lowest BCUT2D eigenvalue weighted by Gasteiger charge is -2.34. The number of allylic oxidation sites excluding steroid dienone is 1. The van der Waals surface area contributed by atoms with E-state index in [0.717, 1.165) is 6.42 Å². The van der Waals surface area contributed by atoms with Gasteiger partial charge in [-0.05, 0) is 38.3 Å². The Morgan fingerprint density at radius 1 is 1.25 bits per heavy atom. The van der Waals surface area contributed by atoms with E-state index in [9.17, 15) is 0 Å². The van der Waals surface area contributed by atoms with Crippen LogP contribution in [0.2, 0.25) is 0 Å². The monoisotopic (exact) mass is 214 g/mol. The van der Waals surface area contributed by atoms with E-state index in [1.165, 1.54) is 11.1 Å². The van der Waals surface area contributed by atoms with Gasteiger partial charge in [-0.3, -0.25) is 0 Å². The second-order valence-corrected chi connectivity index (χ2v) is 5.86. The maximum atomic E-state index is 6.32. The highest BCUT2D eigenvalue weighted by molar-refractivity contribution is 5.50. The van der Waals surface area contributed by atoms with E-state index in [2.05, 4.69) is 57.2 Å². The van der Waals surface area contributed by atoms with Crippen molar-refractivity contribution in [1.82, 2.24) is 0 Å². The van der Waals surface area contributed by atoms with Gasteiger partial charge in [0.2, 0.25) is 0 Å². The van der Waals surface area contributed by atoms with E-state index >= 15 is 0 Å². The van der Waals surface area contributed by atoms with E-state index in [-0.39, 0.29) is 11.2 Å². The molecule has 0 saturated heterocycles. The first kappa shape index (κ1) is 10.1. The molecule has 0 N–H and O–H groups in total. The quantitative estimate of drug-likeness (QED) is 0.647. The normalized spacial score (nSPS) is 30.8. The van der Waals surface area contributed by atoms with Crippen LogP contribution < -0.4 is 0 Å². The molecule has 16 heavy (non-hydrogen) atoms. The minimum atomic E-state index is -0.153. The van der Waals surface area contributed by atoms with Gasteiger partial charge in [-0.2, -0.15) is 0 Å². The predicted molar refractivity (Wildman–Crippen MR) is 65.5 cm³/mol. The van der Waals surface area contributed by atoms with Crippen LogP contribution in [0.4, 0.5) is 0 Å². The largest absolute Gasteiger partial charge is 0.361 e. The highest BCUT2D eigenvalue weighted by Gasteiger charge is 2.47. The molecule has 2 unspecified atom stereocenters. The summed E-state index contributed by atoms with van der Waals surface area (Å²) in [4.78, 5) is 0. The number of benzene rings is 1. The molecule has 0 fully saturated rings. The zero-order chi connectivity index (χ0) is 11.4. The lowest BCUT2D eigenvalue weighted by atomic mass is 9.93. The first-order valence-electron chi connectivity index (χ1n) is 5.99. The summed E-state index contributed by atoms with van der Waals surface area (Å²) in [6, 6.07) is 8.68. The molecule has 0 amide bonds. The molecule has 1 aromatic carbocycles. The highest BCUT2D eigenvalue weighted by Crippen LogP contribution is 2.54.